The molecule has 4 nitrogen and oxygen atoms in total. The molecule has 8 heteroatoms. The molecule has 100 valence electrons. The van der Waals surface area contributed by atoms with E-state index in [2.05, 4.69) is 4.74 Å². The number of hydrogen-bond donors (Lipinski definition) is 0. The first-order chi connectivity index (χ1) is 8.35. The molecule has 0 aliphatic rings. The number of benzene rings is 1. The zero-order valence-corrected chi connectivity index (χ0v) is 9.79. The summed E-state index contributed by atoms with van der Waals surface area (Å²) in [5, 5.41) is 10.7. The van der Waals surface area contributed by atoms with E-state index in [0.29, 0.717) is 6.42 Å². The van der Waals surface area contributed by atoms with Crippen molar-refractivity contribution in [2.45, 2.75) is 19.2 Å². The zero-order valence-electron chi connectivity index (χ0n) is 9.04. The number of alkyl halides is 4. The van der Waals surface area contributed by atoms with Gasteiger partial charge >= 0.3 is 12.0 Å². The van der Waals surface area contributed by atoms with Gasteiger partial charge in [-0.25, -0.2) is 0 Å². The number of rotatable bonds is 5. The van der Waals surface area contributed by atoms with Crippen LogP contribution in [0.25, 0.3) is 0 Å². The molecular weight excluding hydrogens is 275 g/mol. The number of nitro groups is 1. The Kier molecular flexibility index (Phi) is 4.77. The molecule has 1 rings (SSSR count). The minimum Gasteiger partial charge on any atom is -0.398 e. The Morgan fingerprint density at radius 3 is 2.56 bits per heavy atom. The van der Waals surface area contributed by atoms with Gasteiger partial charge in [-0.3, -0.25) is 10.1 Å². The van der Waals surface area contributed by atoms with Gasteiger partial charge in [-0.15, -0.1) is 24.8 Å². The second kappa shape index (κ2) is 5.90. The van der Waals surface area contributed by atoms with Crippen molar-refractivity contribution in [2.75, 3.05) is 5.88 Å². The Morgan fingerprint density at radius 1 is 1.39 bits per heavy atom. The number of nitrogens with zero attached hydrogens (tertiary/aromatic N) is 1. The van der Waals surface area contributed by atoms with E-state index in [4.69, 9.17) is 11.6 Å². The Morgan fingerprint density at radius 2 is 2.06 bits per heavy atom. The molecule has 0 fully saturated rings. The second-order valence-electron chi connectivity index (χ2n) is 3.36. The predicted octanol–water partition coefficient (Wildman–Crippen LogP) is 3.66. The van der Waals surface area contributed by atoms with Gasteiger partial charge in [0.15, 0.2) is 0 Å². The predicted molar refractivity (Wildman–Crippen MR) is 58.8 cm³/mol. The molecule has 0 saturated heterocycles. The van der Waals surface area contributed by atoms with Crippen molar-refractivity contribution in [1.29, 1.82) is 0 Å². The van der Waals surface area contributed by atoms with Gasteiger partial charge in [0.2, 0.25) is 5.75 Å². The summed E-state index contributed by atoms with van der Waals surface area (Å²) in [6, 6.07) is 3.62. The number of aryl methyl sites for hydroxylation is 1. The van der Waals surface area contributed by atoms with Crippen molar-refractivity contribution in [3.63, 3.8) is 0 Å². The number of halogens is 4. The Bertz CT molecular complexity index is 437. The fourth-order valence-electron chi connectivity index (χ4n) is 1.40. The van der Waals surface area contributed by atoms with Crippen LogP contribution in [0.15, 0.2) is 18.2 Å². The zero-order chi connectivity index (χ0) is 13.8. The van der Waals surface area contributed by atoms with Crippen molar-refractivity contribution in [2.24, 2.45) is 0 Å². The Hall–Kier alpha value is -1.50. The lowest BCUT2D eigenvalue weighted by Gasteiger charge is -2.12. The van der Waals surface area contributed by atoms with Crippen LogP contribution in [0.2, 0.25) is 0 Å². The highest BCUT2D eigenvalue weighted by Gasteiger charge is 2.35. The summed E-state index contributed by atoms with van der Waals surface area (Å²) in [4.78, 5) is 9.75. The smallest absolute Gasteiger partial charge is 0.398 e. The summed E-state index contributed by atoms with van der Waals surface area (Å²) in [5.74, 6) is -0.520. The van der Waals surface area contributed by atoms with E-state index in [1.54, 1.807) is 0 Å². The van der Waals surface area contributed by atoms with Crippen molar-refractivity contribution in [3.8, 4) is 5.75 Å². The highest BCUT2D eigenvalue weighted by Crippen LogP contribution is 2.35. The summed E-state index contributed by atoms with van der Waals surface area (Å²) in [5.41, 5.74) is -0.596. The molecule has 0 atom stereocenters. The molecular formula is C10H9ClF3NO3. The minimum absolute atomic E-state index is 0.113. The normalized spacial score (nSPS) is 11.3. The molecule has 0 aliphatic carbocycles. The summed E-state index contributed by atoms with van der Waals surface area (Å²) >= 11 is 5.44. The lowest BCUT2D eigenvalue weighted by Crippen LogP contribution is -2.19. The third-order valence-electron chi connectivity index (χ3n) is 2.07. The van der Waals surface area contributed by atoms with Gasteiger partial charge in [0, 0.05) is 17.5 Å². The van der Waals surface area contributed by atoms with Crippen LogP contribution in [0.3, 0.4) is 0 Å². The van der Waals surface area contributed by atoms with Crippen LogP contribution >= 0.6 is 11.6 Å². The molecule has 1 aromatic carbocycles. The molecule has 0 radical (unpaired) electrons. The second-order valence-corrected chi connectivity index (χ2v) is 3.74. The molecule has 0 aromatic heterocycles. The van der Waals surface area contributed by atoms with Crippen LogP contribution in [0.1, 0.15) is 12.0 Å². The van der Waals surface area contributed by atoms with Crippen LogP contribution < -0.4 is 4.74 Å². The molecule has 0 unspecified atom stereocenters. The van der Waals surface area contributed by atoms with Crippen LogP contribution in [-0.2, 0) is 6.42 Å². The Balaban J connectivity index is 3.16. The third-order valence-corrected chi connectivity index (χ3v) is 2.34. The molecule has 1 aromatic rings. The number of hydrogen-bond acceptors (Lipinski definition) is 3. The standard InChI is InChI=1S/C10H9ClF3NO3/c11-6-2-4-7-3-1-5-8(15(16)17)9(7)18-10(12,13)14/h1,3,5H,2,4,6H2. The largest absolute Gasteiger partial charge is 0.573 e. The Labute approximate surface area is 105 Å². The van der Waals surface area contributed by atoms with Crippen molar-refractivity contribution >= 4 is 17.3 Å². The molecule has 0 amide bonds. The van der Waals surface area contributed by atoms with E-state index in [1.165, 1.54) is 12.1 Å². The monoisotopic (exact) mass is 283 g/mol. The minimum atomic E-state index is -4.97. The van der Waals surface area contributed by atoms with E-state index >= 15 is 0 Å². The van der Waals surface area contributed by atoms with Gasteiger partial charge in [-0.1, -0.05) is 12.1 Å². The average molecular weight is 284 g/mol. The van der Waals surface area contributed by atoms with Crippen molar-refractivity contribution < 1.29 is 22.8 Å². The SMILES string of the molecule is O=[N+]([O-])c1cccc(CCCCl)c1OC(F)(F)F. The summed E-state index contributed by atoms with van der Waals surface area (Å²) in [6.07, 6.45) is -4.39. The van der Waals surface area contributed by atoms with Crippen LogP contribution in [-0.4, -0.2) is 17.2 Å². The molecule has 0 N–H and O–H groups in total. The van der Waals surface area contributed by atoms with Gasteiger partial charge in [-0.2, -0.15) is 0 Å². The van der Waals surface area contributed by atoms with Crippen LogP contribution in [0.4, 0.5) is 18.9 Å². The first kappa shape index (κ1) is 14.6. The van der Waals surface area contributed by atoms with Gasteiger partial charge in [0.1, 0.15) is 0 Å². The van der Waals surface area contributed by atoms with E-state index in [-0.39, 0.29) is 17.9 Å². The molecule has 18 heavy (non-hydrogen) atoms. The fraction of sp³-hybridized carbons (Fsp3) is 0.400. The topological polar surface area (TPSA) is 52.4 Å². The van der Waals surface area contributed by atoms with Gasteiger partial charge in [0.05, 0.1) is 4.92 Å². The lowest BCUT2D eigenvalue weighted by atomic mass is 10.1. The fourth-order valence-corrected chi connectivity index (χ4v) is 1.54. The highest BCUT2D eigenvalue weighted by atomic mass is 35.5. The first-order valence-corrected chi connectivity index (χ1v) is 5.46. The average Bonchev–Trinajstić information content (AvgIpc) is 2.25. The quantitative estimate of drug-likeness (QED) is 0.471. The molecule has 0 heterocycles. The van der Waals surface area contributed by atoms with Crippen molar-refractivity contribution in [3.05, 3.63) is 33.9 Å². The number of ether oxygens (including phenoxy) is 1. The first-order valence-electron chi connectivity index (χ1n) is 4.93. The van der Waals surface area contributed by atoms with Crippen LogP contribution in [0, 0.1) is 10.1 Å². The maximum absolute atomic E-state index is 12.2. The number of nitro benzene ring substituents is 1. The van der Waals surface area contributed by atoms with Gasteiger partial charge in [0.25, 0.3) is 0 Å². The van der Waals surface area contributed by atoms with Gasteiger partial charge in [-0.05, 0) is 12.8 Å². The lowest BCUT2D eigenvalue weighted by molar-refractivity contribution is -0.388. The highest BCUT2D eigenvalue weighted by molar-refractivity contribution is 6.17. The molecule has 0 spiro atoms. The molecule has 0 bridgehead atoms. The summed E-state index contributed by atoms with van der Waals surface area (Å²) in [7, 11) is 0. The van der Waals surface area contributed by atoms with E-state index < -0.39 is 22.7 Å². The molecule has 0 aliphatic heterocycles. The summed E-state index contributed by atoms with van der Waals surface area (Å²) in [6.45, 7) is 0. The molecule has 0 saturated carbocycles. The van der Waals surface area contributed by atoms with Gasteiger partial charge < -0.3 is 4.74 Å². The maximum Gasteiger partial charge on any atom is 0.573 e. The van der Waals surface area contributed by atoms with E-state index in [1.807, 2.05) is 0 Å². The summed E-state index contributed by atoms with van der Waals surface area (Å²) < 4.78 is 40.4. The van der Waals surface area contributed by atoms with Crippen molar-refractivity contribution in [1.82, 2.24) is 0 Å². The van der Waals surface area contributed by atoms with E-state index in [9.17, 15) is 23.3 Å². The van der Waals surface area contributed by atoms with Crippen LogP contribution in [0.5, 0.6) is 5.75 Å². The number of para-hydroxylation sites is 1. The maximum atomic E-state index is 12.2. The third kappa shape index (κ3) is 4.06. The van der Waals surface area contributed by atoms with E-state index in [0.717, 1.165) is 6.07 Å².